The molecular formula is C86H63N5S. The van der Waals surface area contributed by atoms with Gasteiger partial charge < -0.3 is 13.7 Å². The van der Waals surface area contributed by atoms with Crippen molar-refractivity contribution in [3.63, 3.8) is 0 Å². The van der Waals surface area contributed by atoms with E-state index in [1.807, 2.05) is 11.3 Å². The van der Waals surface area contributed by atoms with Crippen molar-refractivity contribution in [2.24, 2.45) is 0 Å². The Morgan fingerprint density at radius 1 is 0.304 bits per heavy atom. The van der Waals surface area contributed by atoms with Crippen LogP contribution in [0.3, 0.4) is 0 Å². The van der Waals surface area contributed by atoms with Gasteiger partial charge in [-0.1, -0.05) is 137 Å². The van der Waals surface area contributed by atoms with E-state index in [-0.39, 0.29) is 0 Å². The molecule has 0 atom stereocenters. The third kappa shape index (κ3) is 8.60. The Kier molecular flexibility index (Phi) is 12.6. The number of pyridine rings is 1. The maximum atomic E-state index is 12.6. The van der Waals surface area contributed by atoms with E-state index in [4.69, 9.17) is 4.98 Å². The summed E-state index contributed by atoms with van der Waals surface area (Å²) >= 11 is 1.82. The summed E-state index contributed by atoms with van der Waals surface area (Å²) in [4.78, 5) is 4.99. The number of hydrogen-bond acceptors (Lipinski definition) is 3. The van der Waals surface area contributed by atoms with Crippen LogP contribution in [0.1, 0.15) is 50.3 Å². The fourth-order valence-electron chi connectivity index (χ4n) is 15.2. The van der Waals surface area contributed by atoms with E-state index < -0.39 is 0 Å². The lowest BCUT2D eigenvalue weighted by atomic mass is 9.75. The standard InChI is InChI=1S/C86H63N5S/c1-49-16-34-73-66(40-49)67-41-50(2)17-35-74(67)89(73)61-28-22-57(23-29-61)81-72(48-87)82(60-46-55(7)88-56(8)47-60)83(58-24-30-62(31-25-58)90-75-36-18-51(3)42-68(75)69-43-52(4)19-37-76(69)90)84(86(81)65-13-11-15-80-85(65)64-12-9-10-14-79(64)92-80)59-26-32-63(33-27-59)91-77-38-20-53(5)44-70(77)71-45-54(6)21-39-78(71)91/h9-47H,1-8H3. The number of fused-ring (bicyclic) bond motifs is 12. The lowest BCUT2D eigenvalue weighted by Gasteiger charge is -2.27. The van der Waals surface area contributed by atoms with Gasteiger partial charge in [0.1, 0.15) is 6.07 Å². The van der Waals surface area contributed by atoms with E-state index in [2.05, 4.69) is 312 Å². The first kappa shape index (κ1) is 55.0. The minimum Gasteiger partial charge on any atom is -0.309 e. The minimum absolute atomic E-state index is 0.598. The molecule has 12 aromatic carbocycles. The SMILES string of the molecule is Cc1ccc2c(c1)c1cc(C)ccc1n2-c1ccc(-c2c(C#N)c(-c3cc(C)nc(C)c3)c(-c3ccc(-n4c5ccc(C)cc5c5cc(C)ccc54)cc3)c(-c3ccc(-n4c5ccc(C)cc5c5cc(C)ccc54)cc3)c2-c2cccc3sc4ccccc4c23)cc1. The van der Waals surface area contributed by atoms with Gasteiger partial charge in [0.2, 0.25) is 0 Å². The van der Waals surface area contributed by atoms with Crippen molar-refractivity contribution in [1.82, 2.24) is 18.7 Å². The van der Waals surface area contributed by atoms with Gasteiger partial charge in [-0.3, -0.25) is 4.98 Å². The Morgan fingerprint density at radius 2 is 0.641 bits per heavy atom. The van der Waals surface area contributed by atoms with Gasteiger partial charge in [0.25, 0.3) is 0 Å². The molecule has 5 heterocycles. The maximum Gasteiger partial charge on any atom is 0.100 e. The van der Waals surface area contributed by atoms with Crippen LogP contribution in [0.4, 0.5) is 0 Å². The lowest BCUT2D eigenvalue weighted by molar-refractivity contribution is 1.12. The van der Waals surface area contributed by atoms with Gasteiger partial charge in [0.05, 0.1) is 38.7 Å². The number of benzene rings is 12. The zero-order valence-electron chi connectivity index (χ0n) is 52.7. The highest BCUT2D eigenvalue weighted by molar-refractivity contribution is 7.26. The normalized spacial score (nSPS) is 11.9. The van der Waals surface area contributed by atoms with Crippen LogP contribution in [-0.4, -0.2) is 18.7 Å². The summed E-state index contributed by atoms with van der Waals surface area (Å²) in [5.41, 5.74) is 29.6. The summed E-state index contributed by atoms with van der Waals surface area (Å²) in [7, 11) is 0. The van der Waals surface area contributed by atoms with E-state index >= 15 is 0 Å². The molecule has 0 bridgehead atoms. The van der Waals surface area contributed by atoms with Crippen molar-refractivity contribution in [2.45, 2.75) is 55.4 Å². The Balaban J connectivity index is 1.00. The predicted octanol–water partition coefficient (Wildman–Crippen LogP) is 23.4. The number of aryl methyl sites for hydroxylation is 8. The van der Waals surface area contributed by atoms with E-state index in [1.54, 1.807) is 0 Å². The highest BCUT2D eigenvalue weighted by atomic mass is 32.1. The molecule has 92 heavy (non-hydrogen) atoms. The maximum absolute atomic E-state index is 12.6. The molecule has 0 saturated carbocycles. The molecule has 5 nitrogen and oxygen atoms in total. The van der Waals surface area contributed by atoms with Gasteiger partial charge in [-0.05, 0) is 233 Å². The molecule has 5 aromatic heterocycles. The molecule has 17 aromatic rings. The molecule has 0 fully saturated rings. The predicted molar refractivity (Wildman–Crippen MR) is 390 cm³/mol. The molecule has 17 rings (SSSR count). The largest absolute Gasteiger partial charge is 0.309 e. The van der Waals surface area contributed by atoms with Crippen molar-refractivity contribution in [3.8, 4) is 78.8 Å². The molecule has 438 valence electrons. The lowest BCUT2D eigenvalue weighted by Crippen LogP contribution is -2.04. The van der Waals surface area contributed by atoms with Gasteiger partial charge >= 0.3 is 0 Å². The Labute approximate surface area is 538 Å². The third-order valence-corrected chi connectivity index (χ3v) is 20.3. The fraction of sp³-hybridized carbons (Fsp3) is 0.0930. The molecule has 0 aliphatic carbocycles. The van der Waals surface area contributed by atoms with Crippen LogP contribution >= 0.6 is 11.3 Å². The molecule has 0 amide bonds. The third-order valence-electron chi connectivity index (χ3n) is 19.1. The summed E-state index contributed by atoms with van der Waals surface area (Å²) in [5.74, 6) is 0. The second-order valence-corrected chi connectivity index (χ2v) is 26.6. The Hall–Kier alpha value is -11.1. The van der Waals surface area contributed by atoms with Crippen molar-refractivity contribution in [3.05, 3.63) is 287 Å². The van der Waals surface area contributed by atoms with Crippen molar-refractivity contribution >= 4 is 96.9 Å². The fourth-order valence-corrected chi connectivity index (χ4v) is 16.3. The first-order valence-electron chi connectivity index (χ1n) is 31.7. The molecular weight excluding hydrogens is 1140 g/mol. The second kappa shape index (κ2) is 21.0. The zero-order chi connectivity index (χ0) is 62.4. The van der Waals surface area contributed by atoms with Crippen LogP contribution in [-0.2, 0) is 0 Å². The second-order valence-electron chi connectivity index (χ2n) is 25.5. The average molecular weight is 1200 g/mol. The van der Waals surface area contributed by atoms with Crippen LogP contribution in [0, 0.1) is 66.7 Å². The highest BCUT2D eigenvalue weighted by Gasteiger charge is 2.31. The van der Waals surface area contributed by atoms with Crippen LogP contribution < -0.4 is 0 Å². The Bertz CT molecular complexity index is 5820. The minimum atomic E-state index is 0.598. The van der Waals surface area contributed by atoms with Gasteiger partial charge in [0, 0.05) is 92.1 Å². The first-order chi connectivity index (χ1) is 44.8. The van der Waals surface area contributed by atoms with E-state index in [1.165, 1.54) is 85.9 Å². The zero-order valence-corrected chi connectivity index (χ0v) is 53.5. The van der Waals surface area contributed by atoms with Gasteiger partial charge in [-0.15, -0.1) is 11.3 Å². The molecule has 0 N–H and O–H groups in total. The van der Waals surface area contributed by atoms with Gasteiger partial charge in [-0.25, -0.2) is 0 Å². The van der Waals surface area contributed by atoms with Gasteiger partial charge in [-0.2, -0.15) is 5.26 Å². The van der Waals surface area contributed by atoms with E-state index in [0.717, 1.165) is 117 Å². The topological polar surface area (TPSA) is 51.5 Å². The van der Waals surface area contributed by atoms with Crippen LogP contribution in [0.2, 0.25) is 0 Å². The quantitative estimate of drug-likeness (QED) is 0.152. The average Bonchev–Trinajstić information content (AvgIpc) is 1.16. The van der Waals surface area contributed by atoms with Crippen molar-refractivity contribution in [1.29, 1.82) is 5.26 Å². The molecule has 6 heteroatoms. The van der Waals surface area contributed by atoms with Gasteiger partial charge in [0.15, 0.2) is 0 Å². The molecule has 0 spiro atoms. The Morgan fingerprint density at radius 3 is 1.02 bits per heavy atom. The molecule has 0 aliphatic heterocycles. The van der Waals surface area contributed by atoms with Crippen molar-refractivity contribution in [2.75, 3.05) is 0 Å². The van der Waals surface area contributed by atoms with Crippen LogP contribution in [0.15, 0.2) is 237 Å². The summed E-state index contributed by atoms with van der Waals surface area (Å²) in [6.45, 7) is 17.2. The van der Waals surface area contributed by atoms with E-state index in [0.29, 0.717) is 5.56 Å². The first-order valence-corrected chi connectivity index (χ1v) is 32.5. The monoisotopic (exact) mass is 1200 g/mol. The van der Waals surface area contributed by atoms with Crippen LogP contribution in [0.5, 0.6) is 0 Å². The summed E-state index contributed by atoms with van der Waals surface area (Å²) in [6.07, 6.45) is 0. The number of nitriles is 1. The summed E-state index contributed by atoms with van der Waals surface area (Å²) in [5, 5.41) is 22.3. The number of hydrogen-bond donors (Lipinski definition) is 0. The number of thiophene rings is 1. The number of aromatic nitrogens is 4. The van der Waals surface area contributed by atoms with E-state index in [9.17, 15) is 5.26 Å². The summed E-state index contributed by atoms with van der Waals surface area (Å²) < 4.78 is 9.62. The smallest absolute Gasteiger partial charge is 0.100 e. The van der Waals surface area contributed by atoms with Crippen molar-refractivity contribution < 1.29 is 0 Å². The molecule has 0 saturated heterocycles. The highest BCUT2D eigenvalue weighted by Crippen LogP contribution is 2.56. The molecule has 0 unspecified atom stereocenters. The molecule has 0 aliphatic rings. The number of nitrogens with zero attached hydrogens (tertiary/aromatic N) is 5. The van der Waals surface area contributed by atoms with Crippen LogP contribution in [0.25, 0.3) is 158 Å². The number of rotatable bonds is 8. The summed E-state index contributed by atoms with van der Waals surface area (Å²) in [6, 6.07) is 91.2. The molecule has 0 radical (unpaired) electrons.